The van der Waals surface area contributed by atoms with E-state index in [0.29, 0.717) is 12.0 Å². The van der Waals surface area contributed by atoms with E-state index in [2.05, 4.69) is 31.7 Å². The summed E-state index contributed by atoms with van der Waals surface area (Å²) in [4.78, 5) is 16.9. The zero-order valence-electron chi connectivity index (χ0n) is 12.4. The van der Waals surface area contributed by atoms with Gasteiger partial charge >= 0.3 is 0 Å². The predicted octanol–water partition coefficient (Wildman–Crippen LogP) is 1.87. The topological polar surface area (TPSA) is 47.3 Å². The lowest BCUT2D eigenvalue weighted by Crippen LogP contribution is -2.50. The van der Waals surface area contributed by atoms with Gasteiger partial charge in [-0.1, -0.05) is 20.8 Å². The molecule has 1 aliphatic carbocycles. The van der Waals surface area contributed by atoms with Gasteiger partial charge in [0, 0.05) is 19.1 Å². The maximum Gasteiger partial charge on any atom is 0.243 e. The van der Waals surface area contributed by atoms with Crippen molar-refractivity contribution in [2.75, 3.05) is 26.2 Å². The summed E-state index contributed by atoms with van der Waals surface area (Å²) >= 11 is 0. The summed E-state index contributed by atoms with van der Waals surface area (Å²) < 4.78 is 0. The lowest BCUT2D eigenvalue weighted by atomic mass is 9.63. The molecular weight excluding hydrogens is 238 g/mol. The van der Waals surface area contributed by atoms with Crippen LogP contribution in [0.25, 0.3) is 0 Å². The van der Waals surface area contributed by atoms with Crippen molar-refractivity contribution < 1.29 is 4.79 Å². The Hall–Kier alpha value is -1.08. The van der Waals surface area contributed by atoms with Gasteiger partial charge in [0.05, 0.1) is 6.07 Å². The second-order valence-electron chi connectivity index (χ2n) is 6.12. The van der Waals surface area contributed by atoms with Crippen molar-refractivity contribution in [1.82, 2.24) is 9.80 Å². The first-order chi connectivity index (χ1) is 9.06. The molecule has 1 atom stereocenters. The number of likely N-dealkylation sites (tertiary alicyclic amines) is 1. The second kappa shape index (κ2) is 5.50. The molecule has 2 fully saturated rings. The smallest absolute Gasteiger partial charge is 0.243 e. The van der Waals surface area contributed by atoms with E-state index >= 15 is 0 Å². The summed E-state index contributed by atoms with van der Waals surface area (Å²) in [6.45, 7) is 10.1. The molecule has 106 valence electrons. The fourth-order valence-corrected chi connectivity index (χ4v) is 3.71. The number of carbonyl (C=O) groups is 1. The van der Waals surface area contributed by atoms with Gasteiger partial charge in [0.15, 0.2) is 0 Å². The Kier molecular flexibility index (Phi) is 4.15. The molecule has 0 aromatic carbocycles. The number of hydrogen-bond acceptors (Lipinski definition) is 3. The maximum absolute atomic E-state index is 12.6. The van der Waals surface area contributed by atoms with Gasteiger partial charge in [-0.2, -0.15) is 5.26 Å². The van der Waals surface area contributed by atoms with E-state index in [1.54, 1.807) is 0 Å². The van der Waals surface area contributed by atoms with Gasteiger partial charge < -0.3 is 4.90 Å². The van der Waals surface area contributed by atoms with Gasteiger partial charge in [-0.25, -0.2) is 0 Å². The van der Waals surface area contributed by atoms with Gasteiger partial charge in [0.1, 0.15) is 5.41 Å². The van der Waals surface area contributed by atoms with Crippen molar-refractivity contribution in [3.05, 3.63) is 0 Å². The average molecular weight is 263 g/mol. The molecule has 1 unspecified atom stereocenters. The summed E-state index contributed by atoms with van der Waals surface area (Å²) in [6.07, 6.45) is 2.54. The van der Waals surface area contributed by atoms with Gasteiger partial charge in [0.2, 0.25) is 5.91 Å². The highest BCUT2D eigenvalue weighted by atomic mass is 16.2. The first-order valence-corrected chi connectivity index (χ1v) is 7.51. The van der Waals surface area contributed by atoms with Crippen LogP contribution in [0.15, 0.2) is 0 Å². The highest BCUT2D eigenvalue weighted by Gasteiger charge is 2.51. The Bertz CT molecular complexity index is 377. The number of carbonyl (C=O) groups excluding carboxylic acids is 1. The van der Waals surface area contributed by atoms with E-state index in [0.717, 1.165) is 45.4 Å². The molecule has 0 spiro atoms. The van der Waals surface area contributed by atoms with E-state index in [4.69, 9.17) is 0 Å². The zero-order chi connectivity index (χ0) is 14.0. The van der Waals surface area contributed by atoms with Gasteiger partial charge in [0.25, 0.3) is 0 Å². The summed E-state index contributed by atoms with van der Waals surface area (Å²) in [5.74, 6) is 0.604. The van der Waals surface area contributed by atoms with Crippen LogP contribution in [0.4, 0.5) is 0 Å². The molecule has 0 N–H and O–H groups in total. The molecule has 0 aromatic heterocycles. The predicted molar refractivity (Wildman–Crippen MR) is 74.4 cm³/mol. The van der Waals surface area contributed by atoms with Crippen molar-refractivity contribution in [2.24, 2.45) is 11.3 Å². The first kappa shape index (κ1) is 14.3. The summed E-state index contributed by atoms with van der Waals surface area (Å²) in [5, 5.41) is 9.34. The van der Waals surface area contributed by atoms with Crippen molar-refractivity contribution in [3.63, 3.8) is 0 Å². The van der Waals surface area contributed by atoms with E-state index in [1.807, 2.05) is 4.90 Å². The minimum Gasteiger partial charge on any atom is -0.340 e. The molecule has 4 nitrogen and oxygen atoms in total. The highest BCUT2D eigenvalue weighted by Crippen LogP contribution is 2.46. The molecule has 2 aliphatic rings. The summed E-state index contributed by atoms with van der Waals surface area (Å²) in [5.41, 5.74) is -0.697. The Morgan fingerprint density at radius 2 is 2.05 bits per heavy atom. The van der Waals surface area contributed by atoms with Crippen molar-refractivity contribution >= 4 is 5.91 Å². The molecule has 1 aliphatic heterocycles. The van der Waals surface area contributed by atoms with Crippen LogP contribution in [-0.4, -0.2) is 47.9 Å². The van der Waals surface area contributed by atoms with E-state index in [-0.39, 0.29) is 5.91 Å². The van der Waals surface area contributed by atoms with Crippen LogP contribution in [-0.2, 0) is 4.79 Å². The number of rotatable bonds is 4. The van der Waals surface area contributed by atoms with Crippen molar-refractivity contribution in [2.45, 2.75) is 46.1 Å². The van der Waals surface area contributed by atoms with Gasteiger partial charge in [-0.05, 0) is 38.3 Å². The third kappa shape index (κ3) is 2.49. The van der Waals surface area contributed by atoms with Crippen molar-refractivity contribution in [3.8, 4) is 6.07 Å². The molecule has 1 heterocycles. The molecule has 2 rings (SSSR count). The van der Waals surface area contributed by atoms with Crippen LogP contribution < -0.4 is 0 Å². The third-order valence-corrected chi connectivity index (χ3v) is 4.80. The molecule has 0 aromatic rings. The quantitative estimate of drug-likeness (QED) is 0.778. The third-order valence-electron chi connectivity index (χ3n) is 4.80. The van der Waals surface area contributed by atoms with Crippen LogP contribution in [0.1, 0.15) is 40.0 Å². The number of likely N-dealkylation sites (N-methyl/N-ethyl adjacent to an activating group) is 1. The minimum absolute atomic E-state index is 0.0859. The largest absolute Gasteiger partial charge is 0.340 e. The second-order valence-corrected chi connectivity index (χ2v) is 6.12. The number of hydrogen-bond donors (Lipinski definition) is 0. The Labute approximate surface area is 116 Å². The molecule has 19 heavy (non-hydrogen) atoms. The first-order valence-electron chi connectivity index (χ1n) is 7.51. The molecule has 0 bridgehead atoms. The van der Waals surface area contributed by atoms with Gasteiger partial charge in [-0.3, -0.25) is 9.69 Å². The van der Waals surface area contributed by atoms with Crippen LogP contribution >= 0.6 is 0 Å². The number of amides is 1. The number of nitriles is 1. The Balaban J connectivity index is 1.97. The minimum atomic E-state index is -0.697. The average Bonchev–Trinajstić information content (AvgIpc) is 2.85. The molecule has 1 saturated heterocycles. The molecule has 4 heteroatoms. The SMILES string of the molecule is CCN(CC)C1CCN(C(=O)C2(C#N)CC(C)C2)C1. The lowest BCUT2D eigenvalue weighted by molar-refractivity contribution is -0.144. The lowest BCUT2D eigenvalue weighted by Gasteiger charge is -2.41. The van der Waals surface area contributed by atoms with E-state index in [9.17, 15) is 10.1 Å². The summed E-state index contributed by atoms with van der Waals surface area (Å²) in [6, 6.07) is 2.77. The molecule has 1 amide bonds. The molecular formula is C15H25N3O. The monoisotopic (exact) mass is 263 g/mol. The zero-order valence-corrected chi connectivity index (χ0v) is 12.4. The van der Waals surface area contributed by atoms with Crippen LogP contribution in [0.2, 0.25) is 0 Å². The van der Waals surface area contributed by atoms with Crippen LogP contribution in [0.5, 0.6) is 0 Å². The van der Waals surface area contributed by atoms with Crippen molar-refractivity contribution in [1.29, 1.82) is 5.26 Å². The fourth-order valence-electron chi connectivity index (χ4n) is 3.71. The summed E-state index contributed by atoms with van der Waals surface area (Å²) in [7, 11) is 0. The number of nitrogens with zero attached hydrogens (tertiary/aromatic N) is 3. The van der Waals surface area contributed by atoms with Gasteiger partial charge in [-0.15, -0.1) is 0 Å². The maximum atomic E-state index is 12.6. The van der Waals surface area contributed by atoms with Crippen LogP contribution in [0.3, 0.4) is 0 Å². The Morgan fingerprint density at radius 3 is 2.53 bits per heavy atom. The fraction of sp³-hybridized carbons (Fsp3) is 0.867. The Morgan fingerprint density at radius 1 is 1.42 bits per heavy atom. The molecule has 1 saturated carbocycles. The van der Waals surface area contributed by atoms with E-state index in [1.165, 1.54) is 0 Å². The highest BCUT2D eigenvalue weighted by molar-refractivity contribution is 5.86. The standard InChI is InChI=1S/C15H25N3O/c1-4-17(5-2)13-6-7-18(10-13)14(19)15(11-16)8-12(3)9-15/h12-13H,4-10H2,1-3H3. The van der Waals surface area contributed by atoms with E-state index < -0.39 is 5.41 Å². The van der Waals surface area contributed by atoms with Crippen LogP contribution in [0, 0.1) is 22.7 Å². The molecule has 0 radical (unpaired) electrons. The normalized spacial score (nSPS) is 34.2.